The van der Waals surface area contributed by atoms with Gasteiger partial charge in [-0.15, -0.1) is 24.0 Å². The second-order valence-corrected chi connectivity index (χ2v) is 6.30. The second-order valence-electron chi connectivity index (χ2n) is 6.30. The van der Waals surface area contributed by atoms with Crippen LogP contribution in [0.1, 0.15) is 30.5 Å². The van der Waals surface area contributed by atoms with Crippen LogP contribution in [0.4, 0.5) is 8.78 Å². The molecule has 1 unspecified atom stereocenters. The van der Waals surface area contributed by atoms with Crippen molar-refractivity contribution < 1.29 is 18.3 Å². The van der Waals surface area contributed by atoms with Crippen molar-refractivity contribution in [2.75, 3.05) is 27.4 Å². The lowest BCUT2D eigenvalue weighted by Gasteiger charge is -2.19. The number of ether oxygens (including phenoxy) is 2. The smallest absolute Gasteiger partial charge is 0.191 e. The van der Waals surface area contributed by atoms with Gasteiger partial charge in [-0.1, -0.05) is 18.2 Å². The zero-order valence-electron chi connectivity index (χ0n) is 16.9. The molecule has 29 heavy (non-hydrogen) atoms. The van der Waals surface area contributed by atoms with E-state index in [1.165, 1.54) is 12.1 Å². The van der Waals surface area contributed by atoms with Gasteiger partial charge >= 0.3 is 0 Å². The lowest BCUT2D eigenvalue weighted by Crippen LogP contribution is -2.38. The topological polar surface area (TPSA) is 54.9 Å². The first-order chi connectivity index (χ1) is 13.5. The van der Waals surface area contributed by atoms with Crippen LogP contribution in [-0.4, -0.2) is 33.3 Å². The Hall–Kier alpha value is -1.94. The minimum absolute atomic E-state index is 0. The number of halogens is 3. The van der Waals surface area contributed by atoms with E-state index < -0.39 is 11.6 Å². The van der Waals surface area contributed by atoms with E-state index in [-0.39, 0.29) is 30.0 Å². The highest BCUT2D eigenvalue weighted by atomic mass is 127. The van der Waals surface area contributed by atoms with Gasteiger partial charge in [0.1, 0.15) is 17.4 Å². The monoisotopic (exact) mass is 519 g/mol. The van der Waals surface area contributed by atoms with Crippen LogP contribution >= 0.6 is 24.0 Å². The van der Waals surface area contributed by atoms with Crippen molar-refractivity contribution in [3.05, 3.63) is 65.2 Å². The highest BCUT2D eigenvalue weighted by Crippen LogP contribution is 2.18. The third kappa shape index (κ3) is 8.53. The average molecular weight is 519 g/mol. The van der Waals surface area contributed by atoms with Crippen molar-refractivity contribution in [1.82, 2.24) is 10.6 Å². The van der Waals surface area contributed by atoms with Gasteiger partial charge in [-0.25, -0.2) is 8.78 Å². The number of nitrogens with zero attached hydrogens (tertiary/aromatic N) is 1. The fraction of sp³-hybridized carbons (Fsp3) is 0.381. The van der Waals surface area contributed by atoms with Crippen molar-refractivity contribution in [2.24, 2.45) is 4.99 Å². The minimum atomic E-state index is -0.597. The van der Waals surface area contributed by atoms with Gasteiger partial charge in [0.25, 0.3) is 0 Å². The number of hydrogen-bond acceptors (Lipinski definition) is 3. The number of nitrogens with one attached hydrogen (secondary N) is 2. The van der Waals surface area contributed by atoms with Crippen molar-refractivity contribution in [3.8, 4) is 5.75 Å². The highest BCUT2D eigenvalue weighted by Gasteiger charge is 2.13. The maximum Gasteiger partial charge on any atom is 0.191 e. The first-order valence-corrected chi connectivity index (χ1v) is 9.16. The Bertz CT molecular complexity index is 790. The predicted octanol–water partition coefficient (Wildman–Crippen LogP) is 4.42. The van der Waals surface area contributed by atoms with Crippen LogP contribution in [0.2, 0.25) is 0 Å². The molecule has 0 aliphatic heterocycles. The lowest BCUT2D eigenvalue weighted by molar-refractivity contribution is 0.172. The van der Waals surface area contributed by atoms with Gasteiger partial charge < -0.3 is 20.1 Å². The van der Waals surface area contributed by atoms with Crippen molar-refractivity contribution in [3.63, 3.8) is 0 Å². The molecule has 0 spiro atoms. The summed E-state index contributed by atoms with van der Waals surface area (Å²) in [5, 5.41) is 6.30. The molecule has 2 N–H and O–H groups in total. The summed E-state index contributed by atoms with van der Waals surface area (Å²) in [4.78, 5) is 4.16. The molecule has 2 rings (SSSR count). The SMILES string of the molecule is CN=C(NCc1cccc(OCCCOC)c1)NC(C)c1ccc(F)cc1F.I. The molecule has 2 aromatic rings. The summed E-state index contributed by atoms with van der Waals surface area (Å²) >= 11 is 0. The molecule has 2 aromatic carbocycles. The molecule has 0 radical (unpaired) electrons. The first kappa shape index (κ1) is 25.1. The van der Waals surface area contributed by atoms with Gasteiger partial charge in [-0.05, 0) is 30.7 Å². The maximum absolute atomic E-state index is 13.9. The Balaban J connectivity index is 0.00000420. The number of aliphatic imine (C=N–C) groups is 1. The molecular formula is C21H28F2IN3O2. The van der Waals surface area contributed by atoms with Crippen molar-refractivity contribution in [1.29, 1.82) is 0 Å². The number of methoxy groups -OCH3 is 1. The summed E-state index contributed by atoms with van der Waals surface area (Å²) in [6, 6.07) is 10.9. The van der Waals surface area contributed by atoms with E-state index in [0.29, 0.717) is 31.3 Å². The Kier molecular flexibility index (Phi) is 11.5. The normalized spacial score (nSPS) is 12.1. The molecule has 0 heterocycles. The van der Waals surface area contributed by atoms with Gasteiger partial charge in [0.15, 0.2) is 5.96 Å². The summed E-state index contributed by atoms with van der Waals surface area (Å²) < 4.78 is 37.7. The summed E-state index contributed by atoms with van der Waals surface area (Å²) in [5.74, 6) is 0.122. The van der Waals surface area contributed by atoms with E-state index in [1.807, 2.05) is 24.3 Å². The van der Waals surface area contributed by atoms with E-state index in [1.54, 1.807) is 21.1 Å². The summed E-state index contributed by atoms with van der Waals surface area (Å²) in [5.41, 5.74) is 1.39. The van der Waals surface area contributed by atoms with Gasteiger partial charge in [0.05, 0.1) is 12.6 Å². The first-order valence-electron chi connectivity index (χ1n) is 9.16. The van der Waals surface area contributed by atoms with Crippen molar-refractivity contribution in [2.45, 2.75) is 25.9 Å². The van der Waals surface area contributed by atoms with E-state index in [2.05, 4.69) is 15.6 Å². The van der Waals surface area contributed by atoms with Gasteiger partial charge in [-0.2, -0.15) is 0 Å². The van der Waals surface area contributed by atoms with Gasteiger partial charge in [0.2, 0.25) is 0 Å². The Morgan fingerprint density at radius 2 is 1.93 bits per heavy atom. The maximum atomic E-state index is 13.9. The molecule has 0 amide bonds. The number of guanidine groups is 1. The number of benzene rings is 2. The van der Waals surface area contributed by atoms with Crippen LogP contribution in [0.25, 0.3) is 0 Å². The third-order valence-electron chi connectivity index (χ3n) is 4.13. The number of hydrogen-bond donors (Lipinski definition) is 2. The van der Waals surface area contributed by atoms with Crippen LogP contribution in [-0.2, 0) is 11.3 Å². The Morgan fingerprint density at radius 1 is 1.14 bits per heavy atom. The lowest BCUT2D eigenvalue weighted by atomic mass is 10.1. The quantitative estimate of drug-likeness (QED) is 0.223. The van der Waals surface area contributed by atoms with E-state index >= 15 is 0 Å². The Labute approximate surface area is 187 Å². The molecule has 0 bridgehead atoms. The molecule has 1 atom stereocenters. The molecule has 160 valence electrons. The molecule has 0 aliphatic rings. The zero-order chi connectivity index (χ0) is 20.4. The zero-order valence-corrected chi connectivity index (χ0v) is 19.2. The van der Waals surface area contributed by atoms with Crippen LogP contribution < -0.4 is 15.4 Å². The van der Waals surface area contributed by atoms with Crippen LogP contribution in [0.5, 0.6) is 5.75 Å². The van der Waals surface area contributed by atoms with Crippen LogP contribution in [0.15, 0.2) is 47.5 Å². The van der Waals surface area contributed by atoms with Crippen molar-refractivity contribution >= 4 is 29.9 Å². The average Bonchev–Trinajstić information content (AvgIpc) is 2.68. The van der Waals surface area contributed by atoms with Crippen LogP contribution in [0.3, 0.4) is 0 Å². The largest absolute Gasteiger partial charge is 0.493 e. The molecule has 8 heteroatoms. The second kappa shape index (κ2) is 13.3. The summed E-state index contributed by atoms with van der Waals surface area (Å²) in [6.07, 6.45) is 0.827. The number of rotatable bonds is 9. The summed E-state index contributed by atoms with van der Waals surface area (Å²) in [6.45, 7) is 3.57. The molecule has 5 nitrogen and oxygen atoms in total. The van der Waals surface area contributed by atoms with E-state index in [9.17, 15) is 8.78 Å². The fourth-order valence-corrected chi connectivity index (χ4v) is 2.65. The fourth-order valence-electron chi connectivity index (χ4n) is 2.65. The molecule has 0 aromatic heterocycles. The summed E-state index contributed by atoms with van der Waals surface area (Å²) in [7, 11) is 3.30. The predicted molar refractivity (Wildman–Crippen MR) is 122 cm³/mol. The van der Waals surface area contributed by atoms with E-state index in [4.69, 9.17) is 9.47 Å². The van der Waals surface area contributed by atoms with Gasteiger partial charge in [-0.3, -0.25) is 4.99 Å². The van der Waals surface area contributed by atoms with Crippen LogP contribution in [0, 0.1) is 11.6 Å². The molecule has 0 aliphatic carbocycles. The Morgan fingerprint density at radius 3 is 2.62 bits per heavy atom. The standard InChI is InChI=1S/C21H27F2N3O2.HI/c1-15(19-9-8-17(22)13-20(19)23)26-21(24-2)25-14-16-6-4-7-18(12-16)28-11-5-10-27-3;/h4,6-9,12-13,15H,5,10-11,14H2,1-3H3,(H2,24,25,26);1H. The molecule has 0 saturated carbocycles. The molecule has 0 saturated heterocycles. The third-order valence-corrected chi connectivity index (χ3v) is 4.13. The minimum Gasteiger partial charge on any atom is -0.493 e. The molecule has 0 fully saturated rings. The van der Waals surface area contributed by atoms with E-state index in [0.717, 1.165) is 23.8 Å². The molecular weight excluding hydrogens is 491 g/mol. The van der Waals surface area contributed by atoms with Gasteiger partial charge in [0, 0.05) is 45.4 Å². The highest BCUT2D eigenvalue weighted by molar-refractivity contribution is 14.0.